The van der Waals surface area contributed by atoms with E-state index >= 15 is 0 Å². The van der Waals surface area contributed by atoms with Crippen molar-refractivity contribution in [3.63, 3.8) is 0 Å². The van der Waals surface area contributed by atoms with Crippen LogP contribution in [0.3, 0.4) is 0 Å². The average molecular weight is 396 g/mol. The summed E-state index contributed by atoms with van der Waals surface area (Å²) in [5.41, 5.74) is 4.48. The summed E-state index contributed by atoms with van der Waals surface area (Å²) in [4.78, 5) is 19.4. The van der Waals surface area contributed by atoms with Crippen LogP contribution in [0.2, 0.25) is 0 Å². The molecule has 29 heavy (non-hydrogen) atoms. The van der Waals surface area contributed by atoms with Crippen LogP contribution in [0.1, 0.15) is 66.3 Å². The number of hydrogen-bond acceptors (Lipinski definition) is 4. The molecule has 1 atom stereocenters. The molecule has 4 rings (SSSR count). The molecule has 2 aromatic heterocycles. The lowest BCUT2D eigenvalue weighted by Gasteiger charge is -2.25. The van der Waals surface area contributed by atoms with Crippen molar-refractivity contribution in [2.24, 2.45) is 0 Å². The molecule has 1 N–H and O–H groups in total. The Labute approximate surface area is 173 Å². The largest absolute Gasteiger partial charge is 0.337 e. The molecule has 3 heterocycles. The first-order chi connectivity index (χ1) is 14.3. The number of aromatic nitrogens is 3. The number of aryl methyl sites for hydroxylation is 1. The maximum Gasteiger partial charge on any atom is 0.274 e. The second-order valence-corrected chi connectivity index (χ2v) is 8.30. The first-order valence-electron chi connectivity index (χ1n) is 11.3. The number of likely N-dealkylation sites (tertiary alicyclic amines) is 1. The monoisotopic (exact) mass is 395 g/mol. The zero-order valence-electron chi connectivity index (χ0n) is 17.6. The fourth-order valence-electron chi connectivity index (χ4n) is 4.69. The van der Waals surface area contributed by atoms with E-state index in [1.54, 1.807) is 0 Å². The highest BCUT2D eigenvalue weighted by Gasteiger charge is 2.30. The molecule has 6 nitrogen and oxygen atoms in total. The molecule has 6 heteroatoms. The van der Waals surface area contributed by atoms with Crippen LogP contribution in [0.5, 0.6) is 0 Å². The molecule has 0 saturated carbocycles. The molecule has 2 aliphatic rings. The number of hydrogen-bond donors (Lipinski definition) is 1. The van der Waals surface area contributed by atoms with E-state index in [-0.39, 0.29) is 5.91 Å². The fraction of sp³-hybridized carbons (Fsp3) is 0.609. The molecule has 0 radical (unpaired) electrons. The normalized spacial score (nSPS) is 19.6. The van der Waals surface area contributed by atoms with Crippen LogP contribution in [0.15, 0.2) is 24.5 Å². The van der Waals surface area contributed by atoms with Crippen molar-refractivity contribution < 1.29 is 4.79 Å². The maximum absolute atomic E-state index is 13.3. The van der Waals surface area contributed by atoms with Gasteiger partial charge in [0.25, 0.3) is 5.91 Å². The van der Waals surface area contributed by atoms with Gasteiger partial charge in [-0.3, -0.25) is 14.5 Å². The molecule has 0 bridgehead atoms. The second-order valence-electron chi connectivity index (χ2n) is 8.30. The molecule has 2 aromatic rings. The Hall–Kier alpha value is -2.21. The Balaban J connectivity index is 1.44. The fourth-order valence-corrected chi connectivity index (χ4v) is 4.69. The summed E-state index contributed by atoms with van der Waals surface area (Å²) in [5, 5.41) is 8.48. The molecular formula is C23H33N5O. The van der Waals surface area contributed by atoms with Gasteiger partial charge in [-0.25, -0.2) is 0 Å². The Morgan fingerprint density at radius 2 is 1.93 bits per heavy atom. The van der Waals surface area contributed by atoms with Crippen LogP contribution in [-0.4, -0.2) is 51.2 Å². The molecular weight excluding hydrogens is 362 g/mol. The van der Waals surface area contributed by atoms with Crippen molar-refractivity contribution in [1.82, 2.24) is 25.0 Å². The highest BCUT2D eigenvalue weighted by molar-refractivity contribution is 5.94. The van der Waals surface area contributed by atoms with Gasteiger partial charge in [0, 0.05) is 49.3 Å². The first-order valence-corrected chi connectivity index (χ1v) is 11.3. The summed E-state index contributed by atoms with van der Waals surface area (Å²) in [7, 11) is 0. The Bertz CT molecular complexity index is 808. The minimum absolute atomic E-state index is 0.146. The standard InChI is InChI=1S/C23H33N5O/c1-2-28-21-8-7-19(25-14-11-18-9-12-24-13-10-18)17-20(21)22(26-28)23(29)27-15-5-3-4-6-16-27/h9-10,12-13,19,25H,2-8,11,14-17H2,1H3/t19-/m1/s1. The second kappa shape index (κ2) is 9.53. The van der Waals surface area contributed by atoms with E-state index in [0.29, 0.717) is 11.7 Å². The third-order valence-electron chi connectivity index (χ3n) is 6.34. The van der Waals surface area contributed by atoms with Crippen molar-refractivity contribution in [2.75, 3.05) is 19.6 Å². The summed E-state index contributed by atoms with van der Waals surface area (Å²) in [6, 6.07) is 4.56. The molecule has 0 spiro atoms. The highest BCUT2D eigenvalue weighted by atomic mass is 16.2. The SMILES string of the molecule is CCn1nc(C(=O)N2CCCCCC2)c2c1CC[C@@H](NCCc1ccncc1)C2. The summed E-state index contributed by atoms with van der Waals surface area (Å²) in [5.74, 6) is 0.146. The molecule has 1 saturated heterocycles. The number of carbonyl (C=O) groups excluding carboxylic acids is 1. The van der Waals surface area contributed by atoms with Gasteiger partial charge in [-0.05, 0) is 69.7 Å². The van der Waals surface area contributed by atoms with E-state index in [1.807, 2.05) is 17.3 Å². The minimum Gasteiger partial charge on any atom is -0.337 e. The van der Waals surface area contributed by atoms with Crippen molar-refractivity contribution in [3.8, 4) is 0 Å². The van der Waals surface area contributed by atoms with Gasteiger partial charge in [0.2, 0.25) is 0 Å². The summed E-state index contributed by atoms with van der Waals surface area (Å²) < 4.78 is 2.06. The number of nitrogens with zero attached hydrogens (tertiary/aromatic N) is 4. The number of nitrogens with one attached hydrogen (secondary N) is 1. The molecule has 1 fully saturated rings. The van der Waals surface area contributed by atoms with Crippen molar-refractivity contribution in [1.29, 1.82) is 0 Å². The number of pyridine rings is 1. The van der Waals surface area contributed by atoms with E-state index in [0.717, 1.165) is 64.7 Å². The minimum atomic E-state index is 0.146. The molecule has 156 valence electrons. The lowest BCUT2D eigenvalue weighted by Crippen LogP contribution is -2.37. The smallest absolute Gasteiger partial charge is 0.274 e. The first kappa shape index (κ1) is 20.1. The van der Waals surface area contributed by atoms with Crippen LogP contribution >= 0.6 is 0 Å². The van der Waals surface area contributed by atoms with Crippen molar-refractivity contribution in [2.45, 2.75) is 70.9 Å². The number of rotatable bonds is 6. The predicted octanol–water partition coefficient (Wildman–Crippen LogP) is 3.00. The highest BCUT2D eigenvalue weighted by Crippen LogP contribution is 2.26. The lowest BCUT2D eigenvalue weighted by atomic mass is 9.91. The van der Waals surface area contributed by atoms with E-state index in [1.165, 1.54) is 29.7 Å². The Morgan fingerprint density at radius 3 is 2.66 bits per heavy atom. The molecule has 0 aromatic carbocycles. The van der Waals surface area contributed by atoms with Gasteiger partial charge in [-0.1, -0.05) is 12.8 Å². The number of carbonyl (C=O) groups is 1. The summed E-state index contributed by atoms with van der Waals surface area (Å²) >= 11 is 0. The van der Waals surface area contributed by atoms with Gasteiger partial charge in [-0.2, -0.15) is 5.10 Å². The average Bonchev–Trinajstić information content (AvgIpc) is 2.92. The van der Waals surface area contributed by atoms with Gasteiger partial charge in [0.1, 0.15) is 0 Å². The van der Waals surface area contributed by atoms with Crippen molar-refractivity contribution >= 4 is 5.91 Å². The quantitative estimate of drug-likeness (QED) is 0.817. The van der Waals surface area contributed by atoms with E-state index in [9.17, 15) is 4.79 Å². The van der Waals surface area contributed by atoms with E-state index in [4.69, 9.17) is 5.10 Å². The van der Waals surface area contributed by atoms with Crippen LogP contribution in [0, 0.1) is 0 Å². The predicted molar refractivity (Wildman–Crippen MR) is 114 cm³/mol. The van der Waals surface area contributed by atoms with Crippen molar-refractivity contribution in [3.05, 3.63) is 47.0 Å². The number of amides is 1. The van der Waals surface area contributed by atoms with Gasteiger partial charge in [-0.15, -0.1) is 0 Å². The number of fused-ring (bicyclic) bond motifs is 1. The Morgan fingerprint density at radius 1 is 1.17 bits per heavy atom. The lowest BCUT2D eigenvalue weighted by molar-refractivity contribution is 0.0753. The van der Waals surface area contributed by atoms with Crippen LogP contribution in [0.4, 0.5) is 0 Å². The van der Waals surface area contributed by atoms with Crippen LogP contribution in [-0.2, 0) is 25.8 Å². The third-order valence-corrected chi connectivity index (χ3v) is 6.34. The molecule has 0 unspecified atom stereocenters. The zero-order valence-corrected chi connectivity index (χ0v) is 17.6. The van der Waals surface area contributed by atoms with Gasteiger partial charge < -0.3 is 10.2 Å². The summed E-state index contributed by atoms with van der Waals surface area (Å²) in [6.45, 7) is 5.64. The molecule has 1 aliphatic heterocycles. The maximum atomic E-state index is 13.3. The van der Waals surface area contributed by atoms with Crippen LogP contribution < -0.4 is 5.32 Å². The molecule has 1 aliphatic carbocycles. The topological polar surface area (TPSA) is 63.1 Å². The van der Waals surface area contributed by atoms with Gasteiger partial charge in [0.05, 0.1) is 0 Å². The zero-order chi connectivity index (χ0) is 20.1. The van der Waals surface area contributed by atoms with Crippen LogP contribution in [0.25, 0.3) is 0 Å². The van der Waals surface area contributed by atoms with E-state index < -0.39 is 0 Å². The van der Waals surface area contributed by atoms with Gasteiger partial charge in [0.15, 0.2) is 5.69 Å². The van der Waals surface area contributed by atoms with Gasteiger partial charge >= 0.3 is 0 Å². The summed E-state index contributed by atoms with van der Waals surface area (Å²) in [6.07, 6.45) is 12.4. The molecule has 1 amide bonds. The Kier molecular flexibility index (Phi) is 6.60. The van der Waals surface area contributed by atoms with E-state index in [2.05, 4.69) is 34.0 Å². The third kappa shape index (κ3) is 4.69.